The lowest BCUT2D eigenvalue weighted by Crippen LogP contribution is -2.26. The van der Waals surface area contributed by atoms with E-state index >= 15 is 0 Å². The van der Waals surface area contributed by atoms with Crippen LogP contribution in [-0.4, -0.2) is 19.9 Å². The first kappa shape index (κ1) is 16.5. The van der Waals surface area contributed by atoms with Crippen molar-refractivity contribution >= 4 is 27.3 Å². The van der Waals surface area contributed by atoms with Gasteiger partial charge in [-0.3, -0.25) is 10.1 Å². The largest absolute Gasteiger partial charge is 0.469 e. The van der Waals surface area contributed by atoms with Gasteiger partial charge in [0.1, 0.15) is 5.76 Å². The average Bonchev–Trinajstić information content (AvgIpc) is 2.94. The second kappa shape index (κ2) is 6.47. The number of nitrogens with zero attached hydrogens (tertiary/aromatic N) is 1. The summed E-state index contributed by atoms with van der Waals surface area (Å²) in [6, 6.07) is 5.62. The Morgan fingerprint density at radius 3 is 2.73 bits per heavy atom. The Labute approximate surface area is 132 Å². The van der Waals surface area contributed by atoms with Crippen molar-refractivity contribution in [1.29, 1.82) is 0 Å². The number of benzene rings is 1. The Hall–Kier alpha value is -1.90. The van der Waals surface area contributed by atoms with Crippen LogP contribution in [0.3, 0.4) is 0 Å². The van der Waals surface area contributed by atoms with E-state index in [1.165, 1.54) is 19.3 Å². The van der Waals surface area contributed by atoms with Gasteiger partial charge >= 0.3 is 0 Å². The summed E-state index contributed by atoms with van der Waals surface area (Å²) in [5, 5.41) is 11.0. The van der Waals surface area contributed by atoms with Gasteiger partial charge in [0.15, 0.2) is 0 Å². The van der Waals surface area contributed by atoms with Gasteiger partial charge in [-0.15, -0.1) is 0 Å². The van der Waals surface area contributed by atoms with Gasteiger partial charge in [-0.1, -0.05) is 11.6 Å². The minimum absolute atomic E-state index is 0.0283. The van der Waals surface area contributed by atoms with Crippen LogP contribution < -0.4 is 4.72 Å². The van der Waals surface area contributed by atoms with Crippen LogP contribution in [0.25, 0.3) is 0 Å². The van der Waals surface area contributed by atoms with Gasteiger partial charge < -0.3 is 4.42 Å². The molecular formula is C13H13ClN2O5S. The van der Waals surface area contributed by atoms with E-state index in [4.69, 9.17) is 16.0 Å². The molecule has 0 unspecified atom stereocenters. The van der Waals surface area contributed by atoms with Crippen LogP contribution >= 0.6 is 11.6 Å². The normalized spacial score (nSPS) is 11.5. The molecule has 7 nitrogen and oxygen atoms in total. The molecule has 0 aliphatic carbocycles. The summed E-state index contributed by atoms with van der Waals surface area (Å²) in [4.78, 5) is 10.0. The molecule has 2 aromatic rings. The number of rotatable bonds is 6. The highest BCUT2D eigenvalue weighted by molar-refractivity contribution is 7.89. The van der Waals surface area contributed by atoms with Gasteiger partial charge in [-0.2, -0.15) is 0 Å². The Morgan fingerprint density at radius 1 is 1.41 bits per heavy atom. The fourth-order valence-electron chi connectivity index (χ4n) is 1.83. The molecule has 0 saturated carbocycles. The van der Waals surface area contributed by atoms with Gasteiger partial charge in [0.05, 0.1) is 21.1 Å². The summed E-state index contributed by atoms with van der Waals surface area (Å²) in [6.45, 7) is 1.57. The van der Waals surface area contributed by atoms with E-state index in [2.05, 4.69) is 4.72 Å². The molecule has 0 aliphatic rings. The SMILES string of the molecule is Cc1c(Cl)cc(S(=O)(=O)NCCc2ccco2)cc1[N+](=O)[O-]. The molecule has 0 bridgehead atoms. The highest BCUT2D eigenvalue weighted by atomic mass is 35.5. The van der Waals surface area contributed by atoms with Crippen molar-refractivity contribution in [3.8, 4) is 0 Å². The standard InChI is InChI=1S/C13H13ClN2O5S/c1-9-12(14)7-11(8-13(9)16(17)18)22(19,20)15-5-4-10-3-2-6-21-10/h2-3,6-8,15H,4-5H2,1H3. The Kier molecular flexibility index (Phi) is 4.84. The second-order valence-electron chi connectivity index (χ2n) is 4.53. The highest BCUT2D eigenvalue weighted by Crippen LogP contribution is 2.29. The van der Waals surface area contributed by atoms with Gasteiger partial charge in [0.2, 0.25) is 10.0 Å². The minimum atomic E-state index is -3.89. The Morgan fingerprint density at radius 2 is 2.14 bits per heavy atom. The van der Waals surface area contributed by atoms with E-state index in [1.807, 2.05) is 0 Å². The van der Waals surface area contributed by atoms with E-state index in [-0.39, 0.29) is 27.7 Å². The summed E-state index contributed by atoms with van der Waals surface area (Å²) in [5.41, 5.74) is -0.111. The quantitative estimate of drug-likeness (QED) is 0.641. The van der Waals surface area contributed by atoms with Crippen molar-refractivity contribution in [2.75, 3.05) is 6.54 Å². The summed E-state index contributed by atoms with van der Waals surface area (Å²) >= 11 is 5.87. The zero-order chi connectivity index (χ0) is 16.3. The zero-order valence-corrected chi connectivity index (χ0v) is 13.1. The third-order valence-electron chi connectivity index (χ3n) is 3.04. The van der Waals surface area contributed by atoms with Crippen molar-refractivity contribution < 1.29 is 17.8 Å². The summed E-state index contributed by atoms with van der Waals surface area (Å²) in [6.07, 6.45) is 1.86. The maximum Gasteiger partial charge on any atom is 0.275 e. The molecule has 1 N–H and O–H groups in total. The van der Waals surface area contributed by atoms with Crippen molar-refractivity contribution in [3.05, 3.63) is 57.0 Å². The molecule has 0 atom stereocenters. The monoisotopic (exact) mass is 344 g/mol. The van der Waals surface area contributed by atoms with Gasteiger partial charge in [0, 0.05) is 24.6 Å². The Balaban J connectivity index is 2.20. The summed E-state index contributed by atoms with van der Waals surface area (Å²) < 4.78 is 31.8. The maximum absolute atomic E-state index is 12.2. The number of hydrogen-bond donors (Lipinski definition) is 1. The lowest BCUT2D eigenvalue weighted by Gasteiger charge is -2.08. The van der Waals surface area contributed by atoms with Crippen LogP contribution in [-0.2, 0) is 16.4 Å². The number of halogens is 1. The number of nitrogens with one attached hydrogen (secondary N) is 1. The molecule has 9 heteroatoms. The smallest absolute Gasteiger partial charge is 0.275 e. The third kappa shape index (κ3) is 3.65. The van der Waals surface area contributed by atoms with Crippen LogP contribution in [0.4, 0.5) is 5.69 Å². The van der Waals surface area contributed by atoms with Crippen molar-refractivity contribution in [2.24, 2.45) is 0 Å². The van der Waals surface area contributed by atoms with Gasteiger partial charge in [0.25, 0.3) is 5.69 Å². The number of furan rings is 1. The van der Waals surface area contributed by atoms with Crippen molar-refractivity contribution in [3.63, 3.8) is 0 Å². The van der Waals surface area contributed by atoms with Crippen LogP contribution in [0, 0.1) is 17.0 Å². The van der Waals surface area contributed by atoms with Crippen molar-refractivity contribution in [1.82, 2.24) is 4.72 Å². The van der Waals surface area contributed by atoms with Crippen LogP contribution in [0.2, 0.25) is 5.02 Å². The Bertz CT molecular complexity index is 787. The first-order valence-electron chi connectivity index (χ1n) is 6.28. The molecule has 1 heterocycles. The lowest BCUT2D eigenvalue weighted by molar-refractivity contribution is -0.385. The average molecular weight is 345 g/mol. The number of nitro groups is 1. The van der Waals surface area contributed by atoms with Crippen LogP contribution in [0.1, 0.15) is 11.3 Å². The van der Waals surface area contributed by atoms with E-state index in [1.54, 1.807) is 12.1 Å². The van der Waals surface area contributed by atoms with E-state index < -0.39 is 14.9 Å². The maximum atomic E-state index is 12.2. The van der Waals surface area contributed by atoms with E-state index in [0.717, 1.165) is 6.07 Å². The van der Waals surface area contributed by atoms with Crippen LogP contribution in [0.5, 0.6) is 0 Å². The molecule has 1 aromatic heterocycles. The molecule has 1 aromatic carbocycles. The fourth-order valence-corrected chi connectivity index (χ4v) is 3.19. The molecule has 0 radical (unpaired) electrons. The predicted octanol–water partition coefficient (Wildman–Crippen LogP) is 2.67. The molecule has 0 amide bonds. The molecule has 0 fully saturated rings. The molecule has 118 valence electrons. The molecule has 0 aliphatic heterocycles. The minimum Gasteiger partial charge on any atom is -0.469 e. The number of sulfonamides is 1. The fraction of sp³-hybridized carbons (Fsp3) is 0.231. The first-order chi connectivity index (χ1) is 10.3. The molecule has 2 rings (SSSR count). The molecular weight excluding hydrogens is 332 g/mol. The topological polar surface area (TPSA) is 102 Å². The third-order valence-corrected chi connectivity index (χ3v) is 4.87. The molecule has 0 saturated heterocycles. The second-order valence-corrected chi connectivity index (χ2v) is 6.71. The lowest BCUT2D eigenvalue weighted by atomic mass is 10.2. The molecule has 0 spiro atoms. The zero-order valence-electron chi connectivity index (χ0n) is 11.6. The van der Waals surface area contributed by atoms with E-state index in [9.17, 15) is 18.5 Å². The first-order valence-corrected chi connectivity index (χ1v) is 8.14. The predicted molar refractivity (Wildman–Crippen MR) is 80.4 cm³/mol. The number of nitro benzene ring substituents is 1. The summed E-state index contributed by atoms with van der Waals surface area (Å²) in [5.74, 6) is 0.635. The summed E-state index contributed by atoms with van der Waals surface area (Å²) in [7, 11) is -3.89. The highest BCUT2D eigenvalue weighted by Gasteiger charge is 2.22. The number of hydrogen-bond acceptors (Lipinski definition) is 5. The van der Waals surface area contributed by atoms with E-state index in [0.29, 0.717) is 12.2 Å². The van der Waals surface area contributed by atoms with Gasteiger partial charge in [-0.05, 0) is 25.1 Å². The van der Waals surface area contributed by atoms with Gasteiger partial charge in [-0.25, -0.2) is 13.1 Å². The molecule has 22 heavy (non-hydrogen) atoms. The van der Waals surface area contributed by atoms with Crippen LogP contribution in [0.15, 0.2) is 39.8 Å². The van der Waals surface area contributed by atoms with Crippen molar-refractivity contribution in [2.45, 2.75) is 18.2 Å².